The number of aromatic nitrogens is 2. The Morgan fingerprint density at radius 1 is 0.704 bits per heavy atom. The van der Waals surface area contributed by atoms with Crippen molar-refractivity contribution in [2.24, 2.45) is 0 Å². The number of aryl methyl sites for hydroxylation is 1. The Labute approximate surface area is 158 Å². The highest BCUT2D eigenvalue weighted by molar-refractivity contribution is 5.81. The fourth-order valence-corrected chi connectivity index (χ4v) is 4.30. The minimum Gasteiger partial charge on any atom is -0.508 e. The van der Waals surface area contributed by atoms with Gasteiger partial charge in [0.05, 0.1) is 16.8 Å². The quantitative estimate of drug-likeness (QED) is 0.495. The molecule has 0 spiro atoms. The Hall–Kier alpha value is -3.46. The first-order valence-electron chi connectivity index (χ1n) is 9.00. The maximum Gasteiger partial charge on any atom is 0.118 e. The Morgan fingerprint density at radius 2 is 1.33 bits per heavy atom. The van der Waals surface area contributed by atoms with E-state index in [4.69, 9.17) is 0 Å². The van der Waals surface area contributed by atoms with Crippen molar-refractivity contribution in [3.63, 3.8) is 0 Å². The van der Waals surface area contributed by atoms with Gasteiger partial charge in [-0.1, -0.05) is 54.6 Å². The first-order valence-corrected chi connectivity index (χ1v) is 9.00. The largest absolute Gasteiger partial charge is 0.508 e. The predicted octanol–water partition coefficient (Wildman–Crippen LogP) is 4.85. The molecule has 0 radical (unpaired) electrons. The third-order valence-corrected chi connectivity index (χ3v) is 5.48. The molecule has 1 aliphatic carbocycles. The van der Waals surface area contributed by atoms with E-state index in [0.29, 0.717) is 5.75 Å². The van der Waals surface area contributed by atoms with Crippen LogP contribution < -0.4 is 0 Å². The molecule has 1 aliphatic rings. The van der Waals surface area contributed by atoms with Gasteiger partial charge in [-0.25, -0.2) is 0 Å². The van der Waals surface area contributed by atoms with Gasteiger partial charge in [0.15, 0.2) is 0 Å². The molecule has 0 unspecified atom stereocenters. The van der Waals surface area contributed by atoms with Gasteiger partial charge in [0.1, 0.15) is 5.75 Å². The van der Waals surface area contributed by atoms with Crippen LogP contribution in [0.25, 0.3) is 11.4 Å². The molecule has 5 rings (SSSR count). The van der Waals surface area contributed by atoms with E-state index in [0.717, 1.165) is 39.2 Å². The number of nitrogens with zero attached hydrogens (tertiary/aromatic N) is 2. The Morgan fingerprint density at radius 3 is 1.93 bits per heavy atom. The average Bonchev–Trinajstić information content (AvgIpc) is 3.02. The Bertz CT molecular complexity index is 1110. The third-order valence-electron chi connectivity index (χ3n) is 5.48. The number of pyridine rings is 2. The summed E-state index contributed by atoms with van der Waals surface area (Å²) >= 11 is 0. The third kappa shape index (κ3) is 2.08. The molecule has 3 heteroatoms. The van der Waals surface area contributed by atoms with Crippen LogP contribution in [0.2, 0.25) is 0 Å². The lowest BCUT2D eigenvalue weighted by molar-refractivity contribution is 0.470. The van der Waals surface area contributed by atoms with Gasteiger partial charge in [0.2, 0.25) is 0 Å². The molecule has 0 amide bonds. The van der Waals surface area contributed by atoms with Gasteiger partial charge < -0.3 is 5.11 Å². The van der Waals surface area contributed by atoms with Crippen LogP contribution in [0.4, 0.5) is 0 Å². The van der Waals surface area contributed by atoms with Gasteiger partial charge in [-0.05, 0) is 52.9 Å². The van der Waals surface area contributed by atoms with Crippen LogP contribution in [0.3, 0.4) is 0 Å². The summed E-state index contributed by atoms with van der Waals surface area (Å²) in [4.78, 5) is 9.35. The lowest BCUT2D eigenvalue weighted by atomic mass is 9.68. The zero-order valence-electron chi connectivity index (χ0n) is 14.9. The molecule has 0 saturated carbocycles. The molecule has 0 fully saturated rings. The smallest absolute Gasteiger partial charge is 0.118 e. The summed E-state index contributed by atoms with van der Waals surface area (Å²) in [6.07, 6.45) is 3.64. The van der Waals surface area contributed by atoms with Crippen molar-refractivity contribution in [3.05, 3.63) is 113 Å². The van der Waals surface area contributed by atoms with E-state index in [1.54, 1.807) is 6.07 Å². The van der Waals surface area contributed by atoms with E-state index in [9.17, 15) is 5.11 Å². The number of fused-ring (bicyclic) bond motifs is 3. The second kappa shape index (κ2) is 5.78. The Balaban J connectivity index is 1.97. The van der Waals surface area contributed by atoms with Crippen LogP contribution >= 0.6 is 0 Å². The number of aromatic hydroxyl groups is 1. The lowest BCUT2D eigenvalue weighted by Crippen LogP contribution is -2.28. The van der Waals surface area contributed by atoms with Crippen molar-refractivity contribution in [3.8, 4) is 17.1 Å². The number of hydrogen-bond donors (Lipinski definition) is 1. The predicted molar refractivity (Wildman–Crippen MR) is 106 cm³/mol. The van der Waals surface area contributed by atoms with Crippen LogP contribution in [0.5, 0.6) is 5.75 Å². The fourth-order valence-electron chi connectivity index (χ4n) is 4.30. The molecule has 0 atom stereocenters. The minimum absolute atomic E-state index is 0.303. The standard InChI is InChI=1S/C24H18N2O/c1-16-15-18(11-12-21(16)27)24(17-7-3-2-4-8-17)19-9-5-13-25-22(19)23-20(24)10-6-14-26-23/h2-15,27H,1H3. The first-order chi connectivity index (χ1) is 13.2. The van der Waals surface area contributed by atoms with Crippen molar-refractivity contribution in [2.75, 3.05) is 0 Å². The molecular formula is C24H18N2O. The molecule has 0 bridgehead atoms. The number of phenolic OH excluding ortho intramolecular Hbond substituents is 1. The highest BCUT2D eigenvalue weighted by Gasteiger charge is 2.47. The van der Waals surface area contributed by atoms with E-state index in [1.165, 1.54) is 0 Å². The molecule has 27 heavy (non-hydrogen) atoms. The highest BCUT2D eigenvalue weighted by atomic mass is 16.3. The van der Waals surface area contributed by atoms with Crippen molar-refractivity contribution >= 4 is 0 Å². The van der Waals surface area contributed by atoms with Crippen LogP contribution in [0.1, 0.15) is 27.8 Å². The number of benzene rings is 2. The van der Waals surface area contributed by atoms with Crippen molar-refractivity contribution in [1.29, 1.82) is 0 Å². The molecule has 2 aromatic heterocycles. The Kier molecular flexibility index (Phi) is 3.37. The molecule has 0 saturated heterocycles. The summed E-state index contributed by atoms with van der Waals surface area (Å²) in [7, 11) is 0. The van der Waals surface area contributed by atoms with Gasteiger partial charge in [0, 0.05) is 12.4 Å². The number of rotatable bonds is 2. The number of hydrogen-bond acceptors (Lipinski definition) is 3. The van der Waals surface area contributed by atoms with Crippen LogP contribution in [0.15, 0.2) is 85.2 Å². The second-order valence-electron chi connectivity index (χ2n) is 6.92. The summed E-state index contributed by atoms with van der Waals surface area (Å²) in [5.74, 6) is 0.303. The van der Waals surface area contributed by atoms with Crippen molar-refractivity contribution in [2.45, 2.75) is 12.3 Å². The van der Waals surface area contributed by atoms with E-state index in [1.807, 2.05) is 43.6 Å². The average molecular weight is 350 g/mol. The highest BCUT2D eigenvalue weighted by Crippen LogP contribution is 2.54. The van der Waals surface area contributed by atoms with Gasteiger partial charge >= 0.3 is 0 Å². The zero-order chi connectivity index (χ0) is 18.4. The minimum atomic E-state index is -0.507. The van der Waals surface area contributed by atoms with Gasteiger partial charge in [-0.15, -0.1) is 0 Å². The summed E-state index contributed by atoms with van der Waals surface area (Å²) in [6.45, 7) is 1.93. The molecule has 3 nitrogen and oxygen atoms in total. The normalized spacial score (nSPS) is 13.8. The SMILES string of the molecule is Cc1cc(C2(c3ccccc3)c3cccnc3-c3ncccc32)ccc1O. The van der Waals surface area contributed by atoms with E-state index >= 15 is 0 Å². The molecule has 2 heterocycles. The van der Waals surface area contributed by atoms with Crippen molar-refractivity contribution in [1.82, 2.24) is 9.97 Å². The topological polar surface area (TPSA) is 46.0 Å². The van der Waals surface area contributed by atoms with Crippen LogP contribution in [0, 0.1) is 6.92 Å². The molecule has 130 valence electrons. The maximum absolute atomic E-state index is 10.1. The van der Waals surface area contributed by atoms with E-state index in [2.05, 4.69) is 52.4 Å². The van der Waals surface area contributed by atoms with Gasteiger partial charge in [-0.3, -0.25) is 9.97 Å². The first kappa shape index (κ1) is 15.8. The van der Waals surface area contributed by atoms with E-state index < -0.39 is 5.41 Å². The van der Waals surface area contributed by atoms with E-state index in [-0.39, 0.29) is 0 Å². The molecule has 0 aliphatic heterocycles. The second-order valence-corrected chi connectivity index (χ2v) is 6.92. The zero-order valence-corrected chi connectivity index (χ0v) is 14.9. The molecular weight excluding hydrogens is 332 g/mol. The summed E-state index contributed by atoms with van der Waals surface area (Å²) in [6, 6.07) is 24.6. The van der Waals surface area contributed by atoms with Crippen LogP contribution in [-0.4, -0.2) is 15.1 Å². The van der Waals surface area contributed by atoms with Gasteiger partial charge in [-0.2, -0.15) is 0 Å². The fraction of sp³-hybridized carbons (Fsp3) is 0.0833. The van der Waals surface area contributed by atoms with Gasteiger partial charge in [0.25, 0.3) is 0 Å². The maximum atomic E-state index is 10.1. The number of phenols is 1. The van der Waals surface area contributed by atoms with Crippen LogP contribution in [-0.2, 0) is 5.41 Å². The molecule has 2 aromatic carbocycles. The molecule has 1 N–H and O–H groups in total. The van der Waals surface area contributed by atoms with Crippen molar-refractivity contribution < 1.29 is 5.11 Å². The monoisotopic (exact) mass is 350 g/mol. The summed E-state index contributed by atoms with van der Waals surface area (Å²) < 4.78 is 0. The summed E-state index contributed by atoms with van der Waals surface area (Å²) in [5.41, 5.74) is 6.69. The summed E-state index contributed by atoms with van der Waals surface area (Å²) in [5, 5.41) is 10.1. The lowest BCUT2D eigenvalue weighted by Gasteiger charge is -2.33. The molecule has 4 aromatic rings.